The van der Waals surface area contributed by atoms with E-state index >= 15 is 0 Å². The molecule has 2 fully saturated rings. The highest BCUT2D eigenvalue weighted by Gasteiger charge is 2.55. The van der Waals surface area contributed by atoms with Crippen molar-refractivity contribution in [2.24, 2.45) is 11.8 Å². The van der Waals surface area contributed by atoms with E-state index in [1.165, 1.54) is 0 Å². The Hall–Kier alpha value is -1.95. The van der Waals surface area contributed by atoms with Crippen LogP contribution < -0.4 is 5.32 Å². The van der Waals surface area contributed by atoms with Gasteiger partial charge in [-0.05, 0) is 24.5 Å². The number of hydrogen-bond acceptors (Lipinski definition) is 4. The van der Waals surface area contributed by atoms with Crippen LogP contribution in [0.5, 0.6) is 0 Å². The number of carbonyl (C=O) groups excluding carboxylic acids is 1. The fourth-order valence-electron chi connectivity index (χ4n) is 3.13. The molecular weight excluding hydrogens is 260 g/mol. The van der Waals surface area contributed by atoms with Crippen molar-refractivity contribution < 1.29 is 19.4 Å². The Kier molecular flexibility index (Phi) is 3.40. The lowest BCUT2D eigenvalue weighted by Gasteiger charge is -2.23. The smallest absolute Gasteiger partial charge is 0.310 e. The zero-order valence-electron chi connectivity index (χ0n) is 10.9. The molecule has 4 atom stereocenters. The molecule has 2 N–H and O–H groups in total. The molecule has 0 aliphatic carbocycles. The van der Waals surface area contributed by atoms with Crippen molar-refractivity contribution in [1.29, 1.82) is 0 Å². The minimum Gasteiger partial charge on any atom is -0.481 e. The van der Waals surface area contributed by atoms with Crippen LogP contribution in [0.1, 0.15) is 18.4 Å². The SMILES string of the molecule is O=C(NCc1cccnc1)[C@@H]1[C@H](C(=O)O)[C@H]2CC[C@H]1O2. The Morgan fingerprint density at radius 1 is 1.35 bits per heavy atom. The van der Waals surface area contributed by atoms with Gasteiger partial charge in [0.05, 0.1) is 24.0 Å². The average Bonchev–Trinajstić information content (AvgIpc) is 3.06. The lowest BCUT2D eigenvalue weighted by Crippen LogP contribution is -2.43. The van der Waals surface area contributed by atoms with Gasteiger partial charge in [0.2, 0.25) is 5.91 Å². The van der Waals surface area contributed by atoms with Gasteiger partial charge in [-0.1, -0.05) is 6.07 Å². The maximum absolute atomic E-state index is 12.2. The second-order valence-electron chi connectivity index (χ2n) is 5.26. The van der Waals surface area contributed by atoms with Gasteiger partial charge in [-0.15, -0.1) is 0 Å². The highest BCUT2D eigenvalue weighted by molar-refractivity contribution is 5.86. The van der Waals surface area contributed by atoms with Crippen LogP contribution in [0.25, 0.3) is 0 Å². The first-order valence-electron chi connectivity index (χ1n) is 6.71. The number of aromatic nitrogens is 1. The summed E-state index contributed by atoms with van der Waals surface area (Å²) in [5.74, 6) is -2.49. The third kappa shape index (κ3) is 2.27. The van der Waals surface area contributed by atoms with Crippen molar-refractivity contribution in [2.45, 2.75) is 31.6 Å². The number of aliphatic carboxylic acids is 1. The number of amides is 1. The summed E-state index contributed by atoms with van der Waals surface area (Å²) in [7, 11) is 0. The monoisotopic (exact) mass is 276 g/mol. The van der Waals surface area contributed by atoms with Crippen molar-refractivity contribution in [1.82, 2.24) is 10.3 Å². The van der Waals surface area contributed by atoms with E-state index in [4.69, 9.17) is 4.74 Å². The van der Waals surface area contributed by atoms with E-state index in [-0.39, 0.29) is 18.1 Å². The molecule has 3 rings (SSSR count). The molecule has 20 heavy (non-hydrogen) atoms. The Morgan fingerprint density at radius 2 is 2.10 bits per heavy atom. The van der Waals surface area contributed by atoms with Crippen LogP contribution in [0.3, 0.4) is 0 Å². The Labute approximate surface area is 116 Å². The molecule has 1 amide bonds. The van der Waals surface area contributed by atoms with Crippen LogP contribution in [-0.4, -0.2) is 34.2 Å². The summed E-state index contributed by atoms with van der Waals surface area (Å²) in [6.45, 7) is 0.354. The molecule has 2 saturated heterocycles. The molecule has 1 aromatic heterocycles. The van der Waals surface area contributed by atoms with Gasteiger partial charge in [-0.3, -0.25) is 14.6 Å². The van der Waals surface area contributed by atoms with Gasteiger partial charge in [-0.25, -0.2) is 0 Å². The Morgan fingerprint density at radius 3 is 2.75 bits per heavy atom. The third-order valence-electron chi connectivity index (χ3n) is 4.05. The van der Waals surface area contributed by atoms with Crippen molar-refractivity contribution >= 4 is 11.9 Å². The van der Waals surface area contributed by atoms with Crippen molar-refractivity contribution in [3.63, 3.8) is 0 Å². The third-order valence-corrected chi connectivity index (χ3v) is 4.05. The summed E-state index contributed by atoms with van der Waals surface area (Å²) >= 11 is 0. The number of fused-ring (bicyclic) bond motifs is 2. The summed E-state index contributed by atoms with van der Waals surface area (Å²) < 4.78 is 5.58. The van der Waals surface area contributed by atoms with E-state index in [1.807, 2.05) is 6.07 Å². The number of pyridine rings is 1. The first-order valence-corrected chi connectivity index (χ1v) is 6.71. The molecule has 0 spiro atoms. The molecular formula is C14H16N2O4. The van der Waals surface area contributed by atoms with E-state index in [2.05, 4.69) is 10.3 Å². The molecule has 1 aromatic rings. The molecule has 3 heterocycles. The number of carbonyl (C=O) groups is 2. The highest BCUT2D eigenvalue weighted by Crippen LogP contribution is 2.43. The zero-order chi connectivity index (χ0) is 14.1. The fourth-order valence-corrected chi connectivity index (χ4v) is 3.13. The van der Waals surface area contributed by atoms with Crippen molar-refractivity contribution in [3.8, 4) is 0 Å². The van der Waals surface area contributed by atoms with Crippen LogP contribution in [0.4, 0.5) is 0 Å². The van der Waals surface area contributed by atoms with E-state index in [0.717, 1.165) is 18.4 Å². The highest BCUT2D eigenvalue weighted by atomic mass is 16.5. The van der Waals surface area contributed by atoms with Gasteiger partial charge in [0.15, 0.2) is 0 Å². The minimum absolute atomic E-state index is 0.242. The van der Waals surface area contributed by atoms with Crippen LogP contribution >= 0.6 is 0 Å². The summed E-state index contributed by atoms with van der Waals surface area (Å²) in [4.78, 5) is 27.5. The predicted octanol–water partition coefficient (Wildman–Crippen LogP) is 0.576. The Bertz CT molecular complexity index is 519. The molecule has 0 unspecified atom stereocenters. The summed E-state index contributed by atoms with van der Waals surface area (Å²) in [6, 6.07) is 3.65. The first kappa shape index (κ1) is 13.1. The lowest BCUT2D eigenvalue weighted by molar-refractivity contribution is -0.147. The number of ether oxygens (including phenoxy) is 1. The second-order valence-corrected chi connectivity index (χ2v) is 5.26. The van der Waals surface area contributed by atoms with E-state index in [0.29, 0.717) is 6.54 Å². The van der Waals surface area contributed by atoms with Crippen LogP contribution in [0, 0.1) is 11.8 Å². The van der Waals surface area contributed by atoms with Crippen molar-refractivity contribution in [3.05, 3.63) is 30.1 Å². The fraction of sp³-hybridized carbons (Fsp3) is 0.500. The minimum atomic E-state index is -0.946. The largest absolute Gasteiger partial charge is 0.481 e. The van der Waals surface area contributed by atoms with Gasteiger partial charge < -0.3 is 15.2 Å². The van der Waals surface area contributed by atoms with E-state index < -0.39 is 17.8 Å². The van der Waals surface area contributed by atoms with E-state index in [9.17, 15) is 14.7 Å². The first-order chi connectivity index (χ1) is 9.66. The van der Waals surface area contributed by atoms with Crippen LogP contribution in [0.2, 0.25) is 0 Å². The average molecular weight is 276 g/mol. The molecule has 0 aromatic carbocycles. The summed E-state index contributed by atoms with van der Waals surface area (Å²) in [6.07, 6.45) is 4.26. The molecule has 106 valence electrons. The van der Waals surface area contributed by atoms with Crippen LogP contribution in [0.15, 0.2) is 24.5 Å². The molecule has 6 heteroatoms. The maximum atomic E-state index is 12.2. The number of carboxylic acids is 1. The zero-order valence-corrected chi connectivity index (χ0v) is 10.9. The summed E-state index contributed by atoms with van der Waals surface area (Å²) in [5.41, 5.74) is 0.886. The molecule has 6 nitrogen and oxygen atoms in total. The van der Waals surface area contributed by atoms with Crippen LogP contribution in [-0.2, 0) is 20.9 Å². The molecule has 2 aliphatic rings. The summed E-state index contributed by atoms with van der Waals surface area (Å²) in [5, 5.41) is 12.1. The normalized spacial score (nSPS) is 31.2. The number of hydrogen-bond donors (Lipinski definition) is 2. The molecule has 0 radical (unpaired) electrons. The number of rotatable bonds is 4. The lowest BCUT2D eigenvalue weighted by atomic mass is 9.78. The predicted molar refractivity (Wildman–Crippen MR) is 68.6 cm³/mol. The molecule has 2 bridgehead atoms. The number of nitrogens with zero attached hydrogens (tertiary/aromatic N) is 1. The van der Waals surface area contributed by atoms with Gasteiger partial charge >= 0.3 is 5.97 Å². The standard InChI is InChI=1S/C14H16N2O4/c17-13(16-7-8-2-1-5-15-6-8)11-9-3-4-10(20-9)12(11)14(18)19/h1-2,5-6,9-12H,3-4,7H2,(H,16,17)(H,18,19)/t9-,10-,11+,12-/m1/s1. The maximum Gasteiger partial charge on any atom is 0.310 e. The second kappa shape index (κ2) is 5.20. The molecule has 0 saturated carbocycles. The number of carboxylic acid groups (broad SMARTS) is 1. The van der Waals surface area contributed by atoms with Gasteiger partial charge in [0, 0.05) is 18.9 Å². The number of nitrogens with one attached hydrogen (secondary N) is 1. The van der Waals surface area contributed by atoms with Gasteiger partial charge in [0.25, 0.3) is 0 Å². The topological polar surface area (TPSA) is 88.5 Å². The Balaban J connectivity index is 1.66. The molecule has 2 aliphatic heterocycles. The quantitative estimate of drug-likeness (QED) is 0.839. The van der Waals surface area contributed by atoms with Gasteiger partial charge in [-0.2, -0.15) is 0 Å². The van der Waals surface area contributed by atoms with E-state index in [1.54, 1.807) is 18.5 Å². The van der Waals surface area contributed by atoms with Crippen molar-refractivity contribution in [2.75, 3.05) is 0 Å². The van der Waals surface area contributed by atoms with Gasteiger partial charge in [0.1, 0.15) is 0 Å².